The summed E-state index contributed by atoms with van der Waals surface area (Å²) >= 11 is 1.20. The Morgan fingerprint density at radius 1 is 1.57 bits per heavy atom. The van der Waals surface area contributed by atoms with Crippen molar-refractivity contribution in [2.75, 3.05) is 7.11 Å². The molecule has 1 atom stereocenters. The van der Waals surface area contributed by atoms with E-state index in [1.54, 1.807) is 29.3 Å². The largest absolute Gasteiger partial charge is 0.377 e. The van der Waals surface area contributed by atoms with Crippen molar-refractivity contribution in [2.24, 2.45) is 0 Å². The van der Waals surface area contributed by atoms with E-state index in [9.17, 15) is 8.42 Å². The zero-order valence-electron chi connectivity index (χ0n) is 11.5. The Hall–Kier alpha value is -1.29. The average molecular weight is 328 g/mol. The first kappa shape index (κ1) is 14.6. The highest BCUT2D eigenvalue weighted by Crippen LogP contribution is 2.26. The predicted molar refractivity (Wildman–Crippen MR) is 77.4 cm³/mol. The molecule has 0 aromatic carbocycles. The Bertz CT molecular complexity index is 709. The first-order valence-corrected chi connectivity index (χ1v) is 8.95. The molecule has 2 aromatic rings. The van der Waals surface area contributed by atoms with E-state index in [4.69, 9.17) is 4.74 Å². The number of ether oxygens (including phenoxy) is 1. The molecular weight excluding hydrogens is 312 g/mol. The van der Waals surface area contributed by atoms with Crippen molar-refractivity contribution in [3.05, 3.63) is 29.2 Å². The van der Waals surface area contributed by atoms with Crippen molar-refractivity contribution in [1.29, 1.82) is 0 Å². The maximum absolute atomic E-state index is 12.3. The number of sulfonamides is 1. The molecule has 1 unspecified atom stereocenters. The van der Waals surface area contributed by atoms with Crippen molar-refractivity contribution in [3.63, 3.8) is 0 Å². The molecule has 1 N–H and O–H groups in total. The van der Waals surface area contributed by atoms with Crippen molar-refractivity contribution < 1.29 is 13.2 Å². The number of aromatic nitrogens is 3. The highest BCUT2D eigenvalue weighted by molar-refractivity contribution is 7.91. The van der Waals surface area contributed by atoms with Crippen LogP contribution in [-0.2, 0) is 27.9 Å². The summed E-state index contributed by atoms with van der Waals surface area (Å²) in [5.41, 5.74) is 0. The molecule has 21 heavy (non-hydrogen) atoms. The number of hydrogen-bond donors (Lipinski definition) is 1. The molecule has 1 aliphatic rings. The van der Waals surface area contributed by atoms with Crippen molar-refractivity contribution in [2.45, 2.75) is 36.2 Å². The zero-order chi connectivity index (χ0) is 14.9. The molecular formula is C12H16N4O3S2. The van der Waals surface area contributed by atoms with Gasteiger partial charge in [0, 0.05) is 13.7 Å². The van der Waals surface area contributed by atoms with Gasteiger partial charge in [-0.2, -0.15) is 9.82 Å². The summed E-state index contributed by atoms with van der Waals surface area (Å²) in [6, 6.07) is 2.97. The van der Waals surface area contributed by atoms with Crippen LogP contribution in [0.5, 0.6) is 0 Å². The Morgan fingerprint density at radius 2 is 2.43 bits per heavy atom. The first-order valence-electron chi connectivity index (χ1n) is 6.58. The molecule has 7 nitrogen and oxygen atoms in total. The molecule has 3 rings (SSSR count). The third kappa shape index (κ3) is 3.00. The summed E-state index contributed by atoms with van der Waals surface area (Å²) in [4.78, 5) is 4.39. The van der Waals surface area contributed by atoms with Gasteiger partial charge < -0.3 is 4.74 Å². The highest BCUT2D eigenvalue weighted by Gasteiger charge is 2.29. The van der Waals surface area contributed by atoms with E-state index in [0.717, 1.165) is 19.4 Å². The number of rotatable bonds is 5. The van der Waals surface area contributed by atoms with Crippen LogP contribution < -0.4 is 4.72 Å². The maximum Gasteiger partial charge on any atom is 0.250 e. The van der Waals surface area contributed by atoms with Crippen molar-refractivity contribution >= 4 is 21.4 Å². The summed E-state index contributed by atoms with van der Waals surface area (Å²) in [5.74, 6) is 1.24. The average Bonchev–Trinajstić information content (AvgIpc) is 3.07. The fourth-order valence-electron chi connectivity index (χ4n) is 2.36. The minimum atomic E-state index is -3.51. The van der Waals surface area contributed by atoms with E-state index in [-0.39, 0.29) is 6.04 Å². The van der Waals surface area contributed by atoms with E-state index >= 15 is 0 Å². The fourth-order valence-corrected chi connectivity index (χ4v) is 4.60. The van der Waals surface area contributed by atoms with Gasteiger partial charge in [0.05, 0.1) is 6.04 Å². The van der Waals surface area contributed by atoms with Crippen LogP contribution in [0.25, 0.3) is 0 Å². The van der Waals surface area contributed by atoms with Crippen LogP contribution >= 0.6 is 11.3 Å². The number of methoxy groups -OCH3 is 1. The van der Waals surface area contributed by atoms with Crippen LogP contribution in [0.15, 0.2) is 21.7 Å². The van der Waals surface area contributed by atoms with Gasteiger partial charge in [0.25, 0.3) is 10.0 Å². The van der Waals surface area contributed by atoms with Gasteiger partial charge in [-0.15, -0.1) is 11.3 Å². The Labute approximate surface area is 127 Å². The molecule has 0 bridgehead atoms. The van der Waals surface area contributed by atoms with E-state index < -0.39 is 10.0 Å². The number of nitrogens with one attached hydrogen (secondary N) is 1. The van der Waals surface area contributed by atoms with Gasteiger partial charge >= 0.3 is 0 Å². The topological polar surface area (TPSA) is 86.1 Å². The number of fused-ring (bicyclic) bond motifs is 1. The Balaban J connectivity index is 1.85. The molecule has 0 aliphatic carbocycles. The summed E-state index contributed by atoms with van der Waals surface area (Å²) in [6.45, 7) is 1.08. The zero-order valence-corrected chi connectivity index (χ0v) is 13.2. The monoisotopic (exact) mass is 328 g/mol. The summed E-state index contributed by atoms with van der Waals surface area (Å²) < 4.78 is 34.5. The lowest BCUT2D eigenvalue weighted by Crippen LogP contribution is -2.33. The van der Waals surface area contributed by atoms with Crippen molar-refractivity contribution in [3.8, 4) is 0 Å². The lowest BCUT2D eigenvalue weighted by molar-refractivity contribution is 0.177. The van der Waals surface area contributed by atoms with Crippen LogP contribution in [0, 0.1) is 0 Å². The lowest BCUT2D eigenvalue weighted by atomic mass is 10.1. The molecule has 0 saturated heterocycles. The van der Waals surface area contributed by atoms with Crippen LogP contribution in [0.2, 0.25) is 0 Å². The molecule has 3 heterocycles. The van der Waals surface area contributed by atoms with Gasteiger partial charge in [0.15, 0.2) is 5.82 Å². The summed E-state index contributed by atoms with van der Waals surface area (Å²) in [5, 5.41) is 6.08. The van der Waals surface area contributed by atoms with Crippen LogP contribution in [0.1, 0.15) is 30.5 Å². The van der Waals surface area contributed by atoms with Gasteiger partial charge in [-0.05, 0) is 24.3 Å². The maximum atomic E-state index is 12.3. The second-order valence-electron chi connectivity index (χ2n) is 4.79. The molecule has 0 fully saturated rings. The fraction of sp³-hybridized carbons (Fsp3) is 0.500. The summed E-state index contributed by atoms with van der Waals surface area (Å²) in [6.07, 6.45) is 1.58. The minimum absolute atomic E-state index is 0.316. The third-order valence-corrected chi connectivity index (χ3v) is 6.12. The van der Waals surface area contributed by atoms with Crippen LogP contribution in [0.3, 0.4) is 0 Å². The van der Waals surface area contributed by atoms with E-state index in [1.807, 2.05) is 0 Å². The SMILES string of the molecule is COCc1nc2n(n1)CCCC2NS(=O)(=O)c1cccs1. The van der Waals surface area contributed by atoms with Gasteiger partial charge in [-0.3, -0.25) is 0 Å². The normalized spacial score (nSPS) is 18.6. The number of nitrogens with zero attached hydrogens (tertiary/aromatic N) is 3. The van der Waals surface area contributed by atoms with Crippen molar-refractivity contribution in [1.82, 2.24) is 19.5 Å². The van der Waals surface area contributed by atoms with Crippen LogP contribution in [-0.4, -0.2) is 30.3 Å². The molecule has 0 amide bonds. The van der Waals surface area contributed by atoms with Crippen LogP contribution in [0.4, 0.5) is 0 Å². The van der Waals surface area contributed by atoms with Gasteiger partial charge in [0.1, 0.15) is 16.6 Å². The molecule has 0 spiro atoms. The number of hydrogen-bond acceptors (Lipinski definition) is 6. The number of aryl methyl sites for hydroxylation is 1. The Kier molecular flexibility index (Phi) is 4.07. The lowest BCUT2D eigenvalue weighted by Gasteiger charge is -2.22. The minimum Gasteiger partial charge on any atom is -0.377 e. The molecule has 0 saturated carbocycles. The quantitative estimate of drug-likeness (QED) is 0.894. The standard InChI is InChI=1S/C12H16N4O3S2/c1-19-8-10-13-12-9(4-2-6-16(12)14-10)15-21(17,18)11-5-3-7-20-11/h3,5,7,9,15H,2,4,6,8H2,1H3. The summed E-state index contributed by atoms with van der Waals surface area (Å²) in [7, 11) is -1.93. The van der Waals surface area contributed by atoms with E-state index in [2.05, 4.69) is 14.8 Å². The van der Waals surface area contributed by atoms with Gasteiger partial charge in [-0.25, -0.2) is 18.1 Å². The third-order valence-electron chi connectivity index (χ3n) is 3.25. The highest BCUT2D eigenvalue weighted by atomic mass is 32.2. The second kappa shape index (κ2) is 5.84. The molecule has 0 radical (unpaired) electrons. The predicted octanol–water partition coefficient (Wildman–Crippen LogP) is 1.30. The second-order valence-corrected chi connectivity index (χ2v) is 7.68. The first-order chi connectivity index (χ1) is 10.1. The molecule has 2 aromatic heterocycles. The van der Waals surface area contributed by atoms with Gasteiger partial charge in [-0.1, -0.05) is 6.07 Å². The molecule has 114 valence electrons. The molecule has 9 heteroatoms. The van der Waals surface area contributed by atoms with E-state index in [0.29, 0.717) is 22.5 Å². The van der Waals surface area contributed by atoms with E-state index in [1.165, 1.54) is 11.3 Å². The van der Waals surface area contributed by atoms with Gasteiger partial charge in [0.2, 0.25) is 0 Å². The Morgan fingerprint density at radius 3 is 3.14 bits per heavy atom. The molecule has 1 aliphatic heterocycles. The number of thiophene rings is 1. The smallest absolute Gasteiger partial charge is 0.250 e.